The molecule has 0 bridgehead atoms. The highest BCUT2D eigenvalue weighted by Gasteiger charge is 2.32. The number of nitrogens with zero attached hydrogens (tertiary/aromatic N) is 1. The molecule has 1 aliphatic heterocycles. The summed E-state index contributed by atoms with van der Waals surface area (Å²) in [6.45, 7) is 4.57. The second-order valence-corrected chi connectivity index (χ2v) is 9.18. The highest BCUT2D eigenvalue weighted by molar-refractivity contribution is 5.79. The van der Waals surface area contributed by atoms with E-state index in [4.69, 9.17) is 4.74 Å². The Balaban J connectivity index is 1.45. The lowest BCUT2D eigenvalue weighted by atomic mass is 9.83. The quantitative estimate of drug-likeness (QED) is 0.508. The Morgan fingerprint density at radius 2 is 1.79 bits per heavy atom. The van der Waals surface area contributed by atoms with Crippen LogP contribution in [0.1, 0.15) is 34.6 Å². The van der Waals surface area contributed by atoms with Gasteiger partial charge in [-0.1, -0.05) is 66.2 Å². The van der Waals surface area contributed by atoms with Crippen LogP contribution in [0.4, 0.5) is 4.39 Å². The van der Waals surface area contributed by atoms with Gasteiger partial charge in [0.1, 0.15) is 11.6 Å². The maximum atomic E-state index is 14.3. The summed E-state index contributed by atoms with van der Waals surface area (Å²) in [6.07, 6.45) is 1.50. The highest BCUT2D eigenvalue weighted by atomic mass is 19.1. The summed E-state index contributed by atoms with van der Waals surface area (Å²) in [5, 5.41) is 3.14. The van der Waals surface area contributed by atoms with Gasteiger partial charge in [-0.2, -0.15) is 0 Å². The summed E-state index contributed by atoms with van der Waals surface area (Å²) in [7, 11) is 1.66. The number of methoxy groups -OCH3 is 1. The molecule has 5 heteroatoms. The third kappa shape index (κ3) is 6.03. The molecule has 0 unspecified atom stereocenters. The number of nitrogens with one attached hydrogen (secondary N) is 1. The fraction of sp³-hybridized carbons (Fsp3) is 0.345. The maximum absolute atomic E-state index is 14.3. The average Bonchev–Trinajstić information content (AvgIpc) is 2.85. The summed E-state index contributed by atoms with van der Waals surface area (Å²) in [5.41, 5.74) is 4.20. The van der Waals surface area contributed by atoms with Crippen molar-refractivity contribution in [1.29, 1.82) is 0 Å². The normalized spacial score (nSPS) is 18.4. The van der Waals surface area contributed by atoms with E-state index in [0.717, 1.165) is 24.3 Å². The lowest BCUT2D eigenvalue weighted by Crippen LogP contribution is -2.45. The van der Waals surface area contributed by atoms with E-state index >= 15 is 0 Å². The SMILES string of the molecule is COc1ccccc1CCNC(=O)[C@H]1C[C@H](c2cccc(C)c2)CN(Cc2ccccc2F)C1. The van der Waals surface area contributed by atoms with Crippen molar-refractivity contribution >= 4 is 5.91 Å². The molecule has 1 fully saturated rings. The monoisotopic (exact) mass is 460 g/mol. The minimum Gasteiger partial charge on any atom is -0.496 e. The van der Waals surface area contributed by atoms with Gasteiger partial charge in [-0.15, -0.1) is 0 Å². The molecule has 1 aliphatic rings. The van der Waals surface area contributed by atoms with Gasteiger partial charge in [-0.05, 0) is 48.9 Å². The van der Waals surface area contributed by atoms with Crippen molar-refractivity contribution in [1.82, 2.24) is 10.2 Å². The highest BCUT2D eigenvalue weighted by Crippen LogP contribution is 2.32. The molecular formula is C29H33FN2O2. The topological polar surface area (TPSA) is 41.6 Å². The van der Waals surface area contributed by atoms with Gasteiger partial charge in [0.05, 0.1) is 13.0 Å². The zero-order valence-electron chi connectivity index (χ0n) is 20.0. The number of hydrogen-bond donors (Lipinski definition) is 1. The van der Waals surface area contributed by atoms with Gasteiger partial charge in [0.2, 0.25) is 5.91 Å². The maximum Gasteiger partial charge on any atom is 0.224 e. The Morgan fingerprint density at radius 3 is 2.56 bits per heavy atom. The molecule has 4 nitrogen and oxygen atoms in total. The van der Waals surface area contributed by atoms with Crippen molar-refractivity contribution in [2.45, 2.75) is 32.2 Å². The molecule has 0 spiro atoms. The number of halogens is 1. The van der Waals surface area contributed by atoms with Gasteiger partial charge in [-0.3, -0.25) is 9.69 Å². The predicted octanol–water partition coefficient (Wildman–Crippen LogP) is 5.11. The number of carbonyl (C=O) groups is 1. The number of aryl methyl sites for hydroxylation is 1. The molecule has 1 N–H and O–H groups in total. The van der Waals surface area contributed by atoms with E-state index in [-0.39, 0.29) is 23.6 Å². The number of benzene rings is 3. The number of ether oxygens (including phenoxy) is 1. The van der Waals surface area contributed by atoms with Crippen molar-refractivity contribution in [3.05, 3.63) is 101 Å². The minimum absolute atomic E-state index is 0.0609. The molecule has 0 radical (unpaired) electrons. The smallest absolute Gasteiger partial charge is 0.224 e. The number of para-hydroxylation sites is 1. The van der Waals surface area contributed by atoms with Crippen molar-refractivity contribution in [2.24, 2.45) is 5.92 Å². The number of carbonyl (C=O) groups excluding carboxylic acids is 1. The Hall–Kier alpha value is -3.18. The van der Waals surface area contributed by atoms with Gasteiger partial charge in [0.15, 0.2) is 0 Å². The third-order valence-electron chi connectivity index (χ3n) is 6.65. The Kier molecular flexibility index (Phi) is 7.96. The lowest BCUT2D eigenvalue weighted by molar-refractivity contribution is -0.127. The van der Waals surface area contributed by atoms with E-state index in [0.29, 0.717) is 31.6 Å². The van der Waals surface area contributed by atoms with E-state index in [2.05, 4.69) is 41.4 Å². The van der Waals surface area contributed by atoms with Crippen molar-refractivity contribution in [3.63, 3.8) is 0 Å². The molecule has 4 rings (SSSR count). The predicted molar refractivity (Wildman–Crippen MR) is 133 cm³/mol. The molecule has 0 aromatic heterocycles. The van der Waals surface area contributed by atoms with Crippen LogP contribution in [0.15, 0.2) is 72.8 Å². The third-order valence-corrected chi connectivity index (χ3v) is 6.65. The molecule has 2 atom stereocenters. The Bertz CT molecular complexity index is 1120. The van der Waals surface area contributed by atoms with Gasteiger partial charge >= 0.3 is 0 Å². The first-order valence-corrected chi connectivity index (χ1v) is 12.0. The van der Waals surface area contributed by atoms with Gasteiger partial charge in [0, 0.05) is 31.7 Å². The Morgan fingerprint density at radius 1 is 1.03 bits per heavy atom. The number of likely N-dealkylation sites (tertiary alicyclic amines) is 1. The fourth-order valence-corrected chi connectivity index (χ4v) is 4.92. The van der Waals surface area contributed by atoms with E-state index in [1.807, 2.05) is 36.4 Å². The van der Waals surface area contributed by atoms with E-state index in [9.17, 15) is 9.18 Å². The van der Waals surface area contributed by atoms with Crippen LogP contribution in [0.3, 0.4) is 0 Å². The number of amides is 1. The summed E-state index contributed by atoms with van der Waals surface area (Å²) >= 11 is 0. The molecule has 3 aromatic rings. The zero-order valence-corrected chi connectivity index (χ0v) is 20.0. The second kappa shape index (κ2) is 11.3. The molecule has 34 heavy (non-hydrogen) atoms. The van der Waals surface area contributed by atoms with Crippen molar-refractivity contribution < 1.29 is 13.9 Å². The minimum atomic E-state index is -0.196. The fourth-order valence-electron chi connectivity index (χ4n) is 4.92. The van der Waals surface area contributed by atoms with Crippen LogP contribution in [-0.2, 0) is 17.8 Å². The van der Waals surface area contributed by atoms with Crippen LogP contribution in [0.2, 0.25) is 0 Å². The van der Waals surface area contributed by atoms with E-state index in [1.54, 1.807) is 13.2 Å². The summed E-state index contributed by atoms with van der Waals surface area (Å²) in [6, 6.07) is 23.3. The first kappa shape index (κ1) is 24.0. The zero-order chi connectivity index (χ0) is 23.9. The summed E-state index contributed by atoms with van der Waals surface area (Å²) < 4.78 is 19.8. The van der Waals surface area contributed by atoms with Crippen LogP contribution < -0.4 is 10.1 Å². The van der Waals surface area contributed by atoms with Crippen LogP contribution in [0.5, 0.6) is 5.75 Å². The van der Waals surface area contributed by atoms with Gasteiger partial charge in [-0.25, -0.2) is 4.39 Å². The largest absolute Gasteiger partial charge is 0.496 e. The van der Waals surface area contributed by atoms with Crippen molar-refractivity contribution in [2.75, 3.05) is 26.7 Å². The molecule has 0 aliphatic carbocycles. The molecule has 1 amide bonds. The molecule has 3 aromatic carbocycles. The first-order chi connectivity index (χ1) is 16.5. The van der Waals surface area contributed by atoms with Crippen molar-refractivity contribution in [3.8, 4) is 5.75 Å². The lowest BCUT2D eigenvalue weighted by Gasteiger charge is -2.37. The number of piperidine rings is 1. The van der Waals surface area contributed by atoms with Crippen LogP contribution in [0.25, 0.3) is 0 Å². The number of rotatable bonds is 8. The second-order valence-electron chi connectivity index (χ2n) is 9.18. The number of hydrogen-bond acceptors (Lipinski definition) is 3. The van der Waals surface area contributed by atoms with E-state index in [1.165, 1.54) is 17.2 Å². The van der Waals surface area contributed by atoms with Crippen LogP contribution in [-0.4, -0.2) is 37.6 Å². The average molecular weight is 461 g/mol. The first-order valence-electron chi connectivity index (χ1n) is 12.0. The van der Waals surface area contributed by atoms with Gasteiger partial charge < -0.3 is 10.1 Å². The Labute approximate surface area is 201 Å². The molecule has 1 saturated heterocycles. The van der Waals surface area contributed by atoms with Crippen LogP contribution in [0, 0.1) is 18.7 Å². The molecular weight excluding hydrogens is 427 g/mol. The standard InChI is InChI=1S/C29H33FN2O2/c1-21-8-7-11-23(16-21)25-17-26(20-32(19-25)18-24-10-3-5-12-27(24)30)29(33)31-15-14-22-9-4-6-13-28(22)34-2/h3-13,16,25-26H,14-15,17-20H2,1-2H3,(H,31,33)/t25-,26-/m0/s1. The molecule has 1 heterocycles. The molecule has 178 valence electrons. The van der Waals surface area contributed by atoms with Gasteiger partial charge in [0.25, 0.3) is 0 Å². The summed E-state index contributed by atoms with van der Waals surface area (Å²) in [4.78, 5) is 15.4. The van der Waals surface area contributed by atoms with Crippen LogP contribution >= 0.6 is 0 Å². The van der Waals surface area contributed by atoms with E-state index < -0.39 is 0 Å². The molecule has 0 saturated carbocycles. The summed E-state index contributed by atoms with van der Waals surface area (Å²) in [5.74, 6) is 0.780.